The van der Waals surface area contributed by atoms with Gasteiger partial charge in [-0.1, -0.05) is 0 Å². The summed E-state index contributed by atoms with van der Waals surface area (Å²) in [5.41, 5.74) is -0.634. The van der Waals surface area contributed by atoms with Gasteiger partial charge < -0.3 is 19.9 Å². The lowest BCUT2D eigenvalue weighted by Gasteiger charge is -2.35. The molecule has 1 fully saturated rings. The first kappa shape index (κ1) is 15.8. The summed E-state index contributed by atoms with van der Waals surface area (Å²) in [5, 5.41) is 11.5. The van der Waals surface area contributed by atoms with Crippen LogP contribution in [0.5, 0.6) is 0 Å². The number of hydrogen-bond acceptors (Lipinski definition) is 4. The van der Waals surface area contributed by atoms with Crippen LogP contribution in [0.1, 0.15) is 40.0 Å². The minimum Gasteiger partial charge on any atom is -0.480 e. The van der Waals surface area contributed by atoms with Crippen LogP contribution in [0.4, 0.5) is 4.79 Å². The van der Waals surface area contributed by atoms with Crippen molar-refractivity contribution in [3.8, 4) is 0 Å². The first-order chi connectivity index (χ1) is 8.71. The molecule has 1 amide bonds. The first-order valence-electron chi connectivity index (χ1n) is 6.46. The Hall–Kier alpha value is -1.30. The highest BCUT2D eigenvalue weighted by atomic mass is 16.6. The van der Waals surface area contributed by atoms with Crippen LogP contribution in [0.15, 0.2) is 0 Å². The fourth-order valence-electron chi connectivity index (χ4n) is 2.06. The Balaban J connectivity index is 2.41. The summed E-state index contributed by atoms with van der Waals surface area (Å²) < 4.78 is 10.2. The van der Waals surface area contributed by atoms with Gasteiger partial charge in [0.2, 0.25) is 0 Å². The number of carboxylic acids is 1. The summed E-state index contributed by atoms with van der Waals surface area (Å²) >= 11 is 0. The van der Waals surface area contributed by atoms with E-state index in [-0.39, 0.29) is 12.0 Å². The van der Waals surface area contributed by atoms with Gasteiger partial charge in [0.15, 0.2) is 0 Å². The number of alkyl carbamates (subject to hydrolysis) is 1. The number of methoxy groups -OCH3 is 1. The predicted molar refractivity (Wildman–Crippen MR) is 68.9 cm³/mol. The minimum absolute atomic E-state index is 0.223. The van der Waals surface area contributed by atoms with Crippen LogP contribution >= 0.6 is 0 Å². The highest BCUT2D eigenvalue weighted by Gasteiger charge is 2.34. The molecule has 0 bridgehead atoms. The largest absolute Gasteiger partial charge is 0.480 e. The van der Waals surface area contributed by atoms with Crippen LogP contribution in [-0.2, 0) is 14.3 Å². The fraction of sp³-hybridized carbons (Fsp3) is 0.846. The molecule has 2 N–H and O–H groups in total. The molecule has 1 rings (SSSR count). The Morgan fingerprint density at radius 3 is 2.37 bits per heavy atom. The van der Waals surface area contributed by atoms with E-state index in [1.807, 2.05) is 0 Å². The van der Waals surface area contributed by atoms with Crippen molar-refractivity contribution in [2.75, 3.05) is 7.11 Å². The minimum atomic E-state index is -1.04. The second kappa shape index (κ2) is 6.23. The average molecular weight is 273 g/mol. The maximum atomic E-state index is 11.6. The zero-order valence-corrected chi connectivity index (χ0v) is 11.9. The van der Waals surface area contributed by atoms with Gasteiger partial charge in [0, 0.05) is 7.11 Å². The van der Waals surface area contributed by atoms with E-state index in [1.54, 1.807) is 27.9 Å². The number of nitrogens with one attached hydrogen (secondary N) is 1. The number of rotatable bonds is 5. The predicted octanol–water partition coefficient (Wildman–Crippen LogP) is 1.78. The average Bonchev–Trinajstić information content (AvgIpc) is 2.17. The SMILES string of the molecule is COC1CC(CC(NC(=O)OC(C)(C)C)C(=O)O)C1. The third-order valence-electron chi connectivity index (χ3n) is 3.08. The molecule has 0 aromatic heterocycles. The third kappa shape index (κ3) is 5.46. The van der Waals surface area contributed by atoms with Gasteiger partial charge in [0.1, 0.15) is 11.6 Å². The molecule has 6 nitrogen and oxygen atoms in total. The van der Waals surface area contributed by atoms with E-state index >= 15 is 0 Å². The van der Waals surface area contributed by atoms with Crippen molar-refractivity contribution in [1.82, 2.24) is 5.32 Å². The zero-order chi connectivity index (χ0) is 14.6. The van der Waals surface area contributed by atoms with Crippen molar-refractivity contribution in [2.24, 2.45) is 5.92 Å². The molecule has 6 heteroatoms. The van der Waals surface area contributed by atoms with Crippen LogP contribution in [0.2, 0.25) is 0 Å². The van der Waals surface area contributed by atoms with E-state index in [0.717, 1.165) is 12.8 Å². The Labute approximate surface area is 113 Å². The van der Waals surface area contributed by atoms with Crippen LogP contribution in [0, 0.1) is 5.92 Å². The standard InChI is InChI=1S/C13H23NO5/c1-13(2,3)19-12(17)14-10(11(15)16)7-8-5-9(6-8)18-4/h8-10H,5-7H2,1-4H3,(H,14,17)(H,15,16). The van der Waals surface area contributed by atoms with Crippen molar-refractivity contribution in [1.29, 1.82) is 0 Å². The molecule has 0 aliphatic heterocycles. The highest BCUT2D eigenvalue weighted by Crippen LogP contribution is 2.33. The van der Waals surface area contributed by atoms with E-state index in [4.69, 9.17) is 14.6 Å². The molecular weight excluding hydrogens is 250 g/mol. The Kier molecular flexibility index (Phi) is 5.17. The second-order valence-electron chi connectivity index (χ2n) is 5.97. The van der Waals surface area contributed by atoms with Gasteiger partial charge in [-0.2, -0.15) is 0 Å². The zero-order valence-electron chi connectivity index (χ0n) is 11.9. The number of aliphatic carboxylic acids is 1. The topological polar surface area (TPSA) is 84.9 Å². The second-order valence-corrected chi connectivity index (χ2v) is 5.97. The monoisotopic (exact) mass is 273 g/mol. The molecule has 0 heterocycles. The fourth-order valence-corrected chi connectivity index (χ4v) is 2.06. The van der Waals surface area contributed by atoms with Crippen LogP contribution < -0.4 is 5.32 Å². The van der Waals surface area contributed by atoms with Gasteiger partial charge in [-0.25, -0.2) is 9.59 Å². The first-order valence-corrected chi connectivity index (χ1v) is 6.46. The van der Waals surface area contributed by atoms with Gasteiger partial charge in [0.05, 0.1) is 6.10 Å². The van der Waals surface area contributed by atoms with E-state index in [9.17, 15) is 9.59 Å². The van der Waals surface area contributed by atoms with Gasteiger partial charge in [0.25, 0.3) is 0 Å². The van der Waals surface area contributed by atoms with E-state index in [1.165, 1.54) is 0 Å². The molecule has 0 spiro atoms. The van der Waals surface area contributed by atoms with Gasteiger partial charge >= 0.3 is 12.1 Å². The lowest BCUT2D eigenvalue weighted by atomic mass is 9.78. The molecule has 110 valence electrons. The maximum absolute atomic E-state index is 11.6. The molecule has 1 aliphatic carbocycles. The molecule has 1 atom stereocenters. The lowest BCUT2D eigenvalue weighted by Crippen LogP contribution is -2.46. The van der Waals surface area contributed by atoms with Crippen LogP contribution in [0.25, 0.3) is 0 Å². The van der Waals surface area contributed by atoms with Gasteiger partial charge in [-0.15, -0.1) is 0 Å². The van der Waals surface area contributed by atoms with Crippen molar-refractivity contribution >= 4 is 12.1 Å². The van der Waals surface area contributed by atoms with Crippen LogP contribution in [-0.4, -0.2) is 42.0 Å². The molecule has 19 heavy (non-hydrogen) atoms. The summed E-state index contributed by atoms with van der Waals surface area (Å²) in [6, 6.07) is -0.905. The molecule has 0 aromatic rings. The lowest BCUT2D eigenvalue weighted by molar-refractivity contribution is -0.140. The van der Waals surface area contributed by atoms with E-state index in [2.05, 4.69) is 5.32 Å². The summed E-state index contributed by atoms with van der Waals surface area (Å²) in [5.74, 6) is -0.757. The smallest absolute Gasteiger partial charge is 0.408 e. The van der Waals surface area contributed by atoms with Gasteiger partial charge in [-0.05, 0) is 46.0 Å². The molecule has 1 unspecified atom stereocenters. The van der Waals surface area contributed by atoms with Crippen LogP contribution in [0.3, 0.4) is 0 Å². The Morgan fingerprint density at radius 2 is 1.95 bits per heavy atom. The summed E-state index contributed by atoms with van der Waals surface area (Å²) in [6.45, 7) is 5.20. The van der Waals surface area contributed by atoms with Crippen molar-refractivity contribution < 1.29 is 24.2 Å². The molecule has 0 saturated heterocycles. The number of carboxylic acid groups (broad SMARTS) is 1. The summed E-state index contributed by atoms with van der Waals surface area (Å²) in [4.78, 5) is 22.7. The normalized spacial score (nSPS) is 24.2. The number of amides is 1. The molecule has 1 saturated carbocycles. The summed E-state index contributed by atoms with van der Waals surface area (Å²) in [6.07, 6.45) is 1.63. The number of carbonyl (C=O) groups is 2. The van der Waals surface area contributed by atoms with Crippen molar-refractivity contribution in [2.45, 2.75) is 57.8 Å². The van der Waals surface area contributed by atoms with E-state index < -0.39 is 23.7 Å². The van der Waals surface area contributed by atoms with Gasteiger partial charge in [-0.3, -0.25) is 0 Å². The highest BCUT2D eigenvalue weighted by molar-refractivity contribution is 5.80. The van der Waals surface area contributed by atoms with E-state index in [0.29, 0.717) is 6.42 Å². The van der Waals surface area contributed by atoms with Crippen molar-refractivity contribution in [3.05, 3.63) is 0 Å². The Morgan fingerprint density at radius 1 is 1.37 bits per heavy atom. The Bertz CT molecular complexity index is 330. The number of carbonyl (C=O) groups excluding carboxylic acids is 1. The molecule has 0 radical (unpaired) electrons. The molecule has 1 aliphatic rings. The maximum Gasteiger partial charge on any atom is 0.408 e. The number of ether oxygens (including phenoxy) is 2. The third-order valence-corrected chi connectivity index (χ3v) is 3.08. The number of hydrogen-bond donors (Lipinski definition) is 2. The van der Waals surface area contributed by atoms with Crippen molar-refractivity contribution in [3.63, 3.8) is 0 Å². The summed E-state index contributed by atoms with van der Waals surface area (Å²) in [7, 11) is 1.65. The molecule has 0 aromatic carbocycles. The quantitative estimate of drug-likeness (QED) is 0.797. The molecular formula is C13H23NO5.